The number of aliphatic hydroxyl groups is 1. The van der Waals surface area contributed by atoms with Crippen LogP contribution in [0.15, 0.2) is 22.7 Å². The molecule has 2 atom stereocenters. The molecule has 1 aliphatic carbocycles. The van der Waals surface area contributed by atoms with E-state index in [9.17, 15) is 9.50 Å². The molecule has 4 heteroatoms. The van der Waals surface area contributed by atoms with E-state index in [4.69, 9.17) is 0 Å². The summed E-state index contributed by atoms with van der Waals surface area (Å²) >= 11 is 3.10. The number of halogens is 2. The molecule has 0 saturated heterocycles. The average Bonchev–Trinajstić information content (AvgIpc) is 2.59. The van der Waals surface area contributed by atoms with Crippen molar-refractivity contribution in [3.05, 3.63) is 28.5 Å². The monoisotopic (exact) mass is 273 g/mol. The van der Waals surface area contributed by atoms with Crippen LogP contribution in [0.3, 0.4) is 0 Å². The molecule has 0 amide bonds. The van der Waals surface area contributed by atoms with Crippen molar-refractivity contribution in [2.45, 2.75) is 31.4 Å². The van der Waals surface area contributed by atoms with E-state index in [1.807, 2.05) is 0 Å². The number of nitrogens with one attached hydrogen (secondary N) is 1. The number of rotatable bonds is 2. The maximum atomic E-state index is 13.2. The third kappa shape index (κ3) is 2.49. The summed E-state index contributed by atoms with van der Waals surface area (Å²) in [5, 5.41) is 12.8. The van der Waals surface area contributed by atoms with Crippen LogP contribution in [0.25, 0.3) is 0 Å². The summed E-state index contributed by atoms with van der Waals surface area (Å²) in [4.78, 5) is 0. The molecule has 0 heterocycles. The van der Waals surface area contributed by atoms with Crippen molar-refractivity contribution in [3.8, 4) is 0 Å². The summed E-state index contributed by atoms with van der Waals surface area (Å²) in [6, 6.07) is 4.97. The minimum Gasteiger partial charge on any atom is -0.391 e. The van der Waals surface area contributed by atoms with E-state index < -0.39 is 0 Å². The molecule has 1 aromatic carbocycles. The van der Waals surface area contributed by atoms with E-state index in [2.05, 4.69) is 21.2 Å². The lowest BCUT2D eigenvalue weighted by Crippen LogP contribution is -2.27. The normalized spacial score (nSPS) is 25.5. The number of hydrogen-bond acceptors (Lipinski definition) is 2. The summed E-state index contributed by atoms with van der Waals surface area (Å²) in [6.07, 6.45) is 2.49. The van der Waals surface area contributed by atoms with Crippen LogP contribution in [0.1, 0.15) is 19.3 Å². The van der Waals surface area contributed by atoms with Gasteiger partial charge in [0.25, 0.3) is 0 Å². The predicted octanol–water partition coefficient (Wildman–Crippen LogP) is 2.91. The van der Waals surface area contributed by atoms with Crippen molar-refractivity contribution in [2.75, 3.05) is 5.32 Å². The van der Waals surface area contributed by atoms with Gasteiger partial charge >= 0.3 is 0 Å². The molecule has 15 heavy (non-hydrogen) atoms. The van der Waals surface area contributed by atoms with E-state index in [1.165, 1.54) is 6.07 Å². The Balaban J connectivity index is 2.07. The second-order valence-corrected chi connectivity index (χ2v) is 4.73. The van der Waals surface area contributed by atoms with Gasteiger partial charge in [-0.15, -0.1) is 0 Å². The zero-order chi connectivity index (χ0) is 10.8. The predicted molar refractivity (Wildman–Crippen MR) is 61.4 cm³/mol. The van der Waals surface area contributed by atoms with E-state index >= 15 is 0 Å². The molecular weight excluding hydrogens is 261 g/mol. The van der Waals surface area contributed by atoms with Crippen LogP contribution in [-0.2, 0) is 0 Å². The molecule has 2 nitrogen and oxygen atoms in total. The summed E-state index contributed by atoms with van der Waals surface area (Å²) in [7, 11) is 0. The fourth-order valence-corrected chi connectivity index (χ4v) is 2.16. The van der Waals surface area contributed by atoms with Gasteiger partial charge in [0.1, 0.15) is 5.82 Å². The first-order valence-corrected chi connectivity index (χ1v) is 5.86. The van der Waals surface area contributed by atoms with E-state index in [0.717, 1.165) is 24.9 Å². The van der Waals surface area contributed by atoms with E-state index in [1.54, 1.807) is 12.1 Å². The van der Waals surface area contributed by atoms with E-state index in [-0.39, 0.29) is 18.0 Å². The highest BCUT2D eigenvalue weighted by atomic mass is 79.9. The van der Waals surface area contributed by atoms with Gasteiger partial charge in [-0.25, -0.2) is 4.39 Å². The Morgan fingerprint density at radius 1 is 1.40 bits per heavy atom. The highest BCUT2D eigenvalue weighted by Gasteiger charge is 2.24. The molecular formula is C11H13BrFNO. The van der Waals surface area contributed by atoms with Gasteiger partial charge in [0.2, 0.25) is 0 Å². The summed E-state index contributed by atoms with van der Waals surface area (Å²) in [6.45, 7) is 0. The first-order chi connectivity index (χ1) is 7.16. The second kappa shape index (κ2) is 4.49. The van der Waals surface area contributed by atoms with Gasteiger partial charge in [0, 0.05) is 5.69 Å². The zero-order valence-corrected chi connectivity index (χ0v) is 9.80. The summed E-state index contributed by atoms with van der Waals surface area (Å²) < 4.78 is 13.7. The van der Waals surface area contributed by atoms with Gasteiger partial charge in [-0.05, 0) is 53.4 Å². The molecule has 1 fully saturated rings. The highest BCUT2D eigenvalue weighted by Crippen LogP contribution is 2.25. The van der Waals surface area contributed by atoms with Crippen LogP contribution in [0, 0.1) is 5.82 Å². The number of hydrogen-bond donors (Lipinski definition) is 2. The van der Waals surface area contributed by atoms with Gasteiger partial charge in [-0.2, -0.15) is 0 Å². The van der Waals surface area contributed by atoms with Gasteiger partial charge in [0.05, 0.1) is 16.6 Å². The van der Waals surface area contributed by atoms with Gasteiger partial charge in [-0.1, -0.05) is 0 Å². The standard InChI is InChI=1S/C11H13BrFNO/c12-8-5-4-7(6-9(8)13)14-10-2-1-3-11(10)15/h4-6,10-11,14-15H,1-3H2/t10-,11-/m0/s1. The topological polar surface area (TPSA) is 32.3 Å². The molecule has 0 aliphatic heterocycles. The number of benzene rings is 1. The molecule has 0 radical (unpaired) electrons. The fraction of sp³-hybridized carbons (Fsp3) is 0.455. The van der Waals surface area contributed by atoms with Crippen LogP contribution in [0.2, 0.25) is 0 Å². The van der Waals surface area contributed by atoms with Crippen LogP contribution in [0.5, 0.6) is 0 Å². The molecule has 1 saturated carbocycles. The number of aliphatic hydroxyl groups excluding tert-OH is 1. The van der Waals surface area contributed by atoms with Gasteiger partial charge in [0.15, 0.2) is 0 Å². The maximum Gasteiger partial charge on any atom is 0.139 e. The molecule has 0 unspecified atom stereocenters. The quantitative estimate of drug-likeness (QED) is 0.869. The largest absolute Gasteiger partial charge is 0.391 e. The van der Waals surface area contributed by atoms with Gasteiger partial charge < -0.3 is 10.4 Å². The Bertz CT molecular complexity index is 358. The Hall–Kier alpha value is -0.610. The Kier molecular flexibility index (Phi) is 3.26. The minimum atomic E-state index is -0.309. The summed E-state index contributed by atoms with van der Waals surface area (Å²) in [5.74, 6) is -0.285. The van der Waals surface area contributed by atoms with Crippen LogP contribution >= 0.6 is 15.9 Å². The third-order valence-electron chi connectivity index (χ3n) is 2.75. The Labute approximate surface area is 96.6 Å². The molecule has 1 aliphatic rings. The first-order valence-electron chi connectivity index (χ1n) is 5.06. The first kappa shape index (κ1) is 10.9. The third-order valence-corrected chi connectivity index (χ3v) is 3.39. The van der Waals surface area contributed by atoms with E-state index in [0.29, 0.717) is 4.47 Å². The molecule has 0 bridgehead atoms. The highest BCUT2D eigenvalue weighted by molar-refractivity contribution is 9.10. The van der Waals surface area contributed by atoms with Crippen LogP contribution in [-0.4, -0.2) is 17.3 Å². The van der Waals surface area contributed by atoms with Crippen molar-refractivity contribution >= 4 is 21.6 Å². The molecule has 2 N–H and O–H groups in total. The fourth-order valence-electron chi connectivity index (χ4n) is 1.91. The van der Waals surface area contributed by atoms with Gasteiger partial charge in [-0.3, -0.25) is 0 Å². The molecule has 1 aromatic rings. The summed E-state index contributed by atoms with van der Waals surface area (Å²) in [5.41, 5.74) is 0.724. The smallest absolute Gasteiger partial charge is 0.139 e. The average molecular weight is 274 g/mol. The van der Waals surface area contributed by atoms with Crippen molar-refractivity contribution in [2.24, 2.45) is 0 Å². The molecule has 2 rings (SSSR count). The molecule has 82 valence electrons. The lowest BCUT2D eigenvalue weighted by Gasteiger charge is -2.17. The maximum absolute atomic E-state index is 13.2. The van der Waals surface area contributed by atoms with Crippen molar-refractivity contribution in [3.63, 3.8) is 0 Å². The lowest BCUT2D eigenvalue weighted by molar-refractivity contribution is 0.172. The van der Waals surface area contributed by atoms with Crippen molar-refractivity contribution < 1.29 is 9.50 Å². The van der Waals surface area contributed by atoms with Crippen LogP contribution < -0.4 is 5.32 Å². The van der Waals surface area contributed by atoms with Crippen molar-refractivity contribution in [1.29, 1.82) is 0 Å². The van der Waals surface area contributed by atoms with Crippen LogP contribution in [0.4, 0.5) is 10.1 Å². The number of anilines is 1. The van der Waals surface area contributed by atoms with Crippen molar-refractivity contribution in [1.82, 2.24) is 0 Å². The second-order valence-electron chi connectivity index (χ2n) is 3.88. The Morgan fingerprint density at radius 2 is 2.20 bits per heavy atom. The lowest BCUT2D eigenvalue weighted by atomic mass is 10.2. The zero-order valence-electron chi connectivity index (χ0n) is 8.21. The minimum absolute atomic E-state index is 0.0607. The SMILES string of the molecule is O[C@H]1CCC[C@@H]1Nc1ccc(Br)c(F)c1. The molecule has 0 spiro atoms. The molecule has 0 aromatic heterocycles. The Morgan fingerprint density at radius 3 is 2.80 bits per heavy atom.